The smallest absolute Gasteiger partial charge is 0.0689 e. The standard InChI is InChI=1S/C11H10INS2/c1-5-6(2)14-10-7(5)4-13-8-3-9(12)15-11(8)10/h3,13H,4H2,1-2H3. The summed E-state index contributed by atoms with van der Waals surface area (Å²) < 4.78 is 1.36. The molecule has 78 valence electrons. The average Bonchev–Trinajstić information content (AvgIpc) is 2.69. The Balaban J connectivity index is 2.29. The van der Waals surface area contributed by atoms with Gasteiger partial charge < -0.3 is 5.32 Å². The van der Waals surface area contributed by atoms with E-state index >= 15 is 0 Å². The summed E-state index contributed by atoms with van der Waals surface area (Å²) in [6, 6.07) is 2.24. The van der Waals surface area contributed by atoms with Gasteiger partial charge in [0, 0.05) is 11.4 Å². The molecule has 2 aromatic heterocycles. The Labute approximate surface area is 111 Å². The normalized spacial score (nSPS) is 13.3. The van der Waals surface area contributed by atoms with Crippen molar-refractivity contribution >= 4 is 51.0 Å². The summed E-state index contributed by atoms with van der Waals surface area (Å²) in [6.07, 6.45) is 0. The summed E-state index contributed by atoms with van der Waals surface area (Å²) in [5.41, 5.74) is 4.29. The molecule has 0 radical (unpaired) electrons. The van der Waals surface area contributed by atoms with Crippen molar-refractivity contribution in [3.05, 3.63) is 25.0 Å². The zero-order valence-electron chi connectivity index (χ0n) is 8.48. The summed E-state index contributed by atoms with van der Waals surface area (Å²) in [5.74, 6) is 0. The topological polar surface area (TPSA) is 12.0 Å². The first kappa shape index (κ1) is 10.1. The van der Waals surface area contributed by atoms with Gasteiger partial charge in [0.25, 0.3) is 0 Å². The lowest BCUT2D eigenvalue weighted by Gasteiger charge is -2.14. The Morgan fingerprint density at radius 1 is 1.27 bits per heavy atom. The first-order chi connectivity index (χ1) is 7.16. The van der Waals surface area contributed by atoms with Gasteiger partial charge in [-0.1, -0.05) is 0 Å². The van der Waals surface area contributed by atoms with Crippen LogP contribution in [0.4, 0.5) is 5.69 Å². The van der Waals surface area contributed by atoms with E-state index in [-0.39, 0.29) is 0 Å². The highest BCUT2D eigenvalue weighted by Gasteiger charge is 2.22. The number of hydrogen-bond donors (Lipinski definition) is 1. The number of halogens is 1. The monoisotopic (exact) mass is 347 g/mol. The fraction of sp³-hybridized carbons (Fsp3) is 0.273. The van der Waals surface area contributed by atoms with Gasteiger partial charge in [0.2, 0.25) is 0 Å². The molecule has 0 bridgehead atoms. The predicted octanol–water partition coefficient (Wildman–Crippen LogP) is 4.62. The van der Waals surface area contributed by atoms with Crippen molar-refractivity contribution in [1.82, 2.24) is 0 Å². The summed E-state index contributed by atoms with van der Waals surface area (Å²) in [6.45, 7) is 5.44. The zero-order chi connectivity index (χ0) is 10.6. The molecule has 15 heavy (non-hydrogen) atoms. The molecule has 1 N–H and O–H groups in total. The molecule has 1 nitrogen and oxygen atoms in total. The summed E-state index contributed by atoms with van der Waals surface area (Å²) in [4.78, 5) is 4.38. The van der Waals surface area contributed by atoms with Crippen LogP contribution in [0.15, 0.2) is 6.07 Å². The summed E-state index contributed by atoms with van der Waals surface area (Å²) in [5, 5.41) is 3.51. The van der Waals surface area contributed by atoms with Crippen molar-refractivity contribution in [2.45, 2.75) is 20.4 Å². The van der Waals surface area contributed by atoms with Crippen molar-refractivity contribution in [1.29, 1.82) is 0 Å². The second-order valence-electron chi connectivity index (χ2n) is 3.74. The van der Waals surface area contributed by atoms with E-state index in [1.807, 2.05) is 22.7 Å². The average molecular weight is 347 g/mol. The number of fused-ring (bicyclic) bond motifs is 3. The molecule has 4 heteroatoms. The quantitative estimate of drug-likeness (QED) is 0.686. The summed E-state index contributed by atoms with van der Waals surface area (Å²) in [7, 11) is 0. The molecule has 0 saturated carbocycles. The highest BCUT2D eigenvalue weighted by atomic mass is 127. The van der Waals surface area contributed by atoms with E-state index in [0.717, 1.165) is 6.54 Å². The number of anilines is 1. The predicted molar refractivity (Wildman–Crippen MR) is 77.1 cm³/mol. The van der Waals surface area contributed by atoms with Gasteiger partial charge in [0.15, 0.2) is 0 Å². The lowest BCUT2D eigenvalue weighted by atomic mass is 10.1. The molecular formula is C11H10INS2. The van der Waals surface area contributed by atoms with Crippen LogP contribution in [0.25, 0.3) is 9.75 Å². The number of hydrogen-bond acceptors (Lipinski definition) is 3. The number of nitrogens with one attached hydrogen (secondary N) is 1. The minimum absolute atomic E-state index is 0.991. The Morgan fingerprint density at radius 3 is 2.87 bits per heavy atom. The second-order valence-corrected chi connectivity index (χ2v) is 7.91. The molecule has 2 aromatic rings. The largest absolute Gasteiger partial charge is 0.380 e. The maximum atomic E-state index is 3.51. The third-order valence-corrected chi connectivity index (χ3v) is 6.18. The Kier molecular flexibility index (Phi) is 2.33. The first-order valence-electron chi connectivity index (χ1n) is 4.79. The fourth-order valence-electron chi connectivity index (χ4n) is 1.91. The Morgan fingerprint density at radius 2 is 2.07 bits per heavy atom. The molecule has 0 spiro atoms. The van der Waals surface area contributed by atoms with Gasteiger partial charge in [-0.05, 0) is 53.6 Å². The van der Waals surface area contributed by atoms with Gasteiger partial charge in [-0.3, -0.25) is 0 Å². The minimum Gasteiger partial charge on any atom is -0.380 e. The van der Waals surface area contributed by atoms with Crippen molar-refractivity contribution in [3.8, 4) is 9.75 Å². The van der Waals surface area contributed by atoms with Crippen molar-refractivity contribution in [2.75, 3.05) is 5.32 Å². The highest BCUT2D eigenvalue weighted by molar-refractivity contribution is 14.1. The van der Waals surface area contributed by atoms with E-state index in [1.54, 1.807) is 0 Å². The zero-order valence-corrected chi connectivity index (χ0v) is 12.3. The molecule has 0 aliphatic carbocycles. The number of rotatable bonds is 0. The molecule has 0 aromatic carbocycles. The van der Waals surface area contributed by atoms with Crippen LogP contribution in [0.3, 0.4) is 0 Å². The maximum Gasteiger partial charge on any atom is 0.0689 e. The van der Waals surface area contributed by atoms with E-state index in [9.17, 15) is 0 Å². The van der Waals surface area contributed by atoms with Crippen LogP contribution >= 0.6 is 45.3 Å². The molecule has 1 aliphatic heterocycles. The van der Waals surface area contributed by atoms with Gasteiger partial charge in [0.05, 0.1) is 18.3 Å². The Bertz CT molecular complexity index is 539. The van der Waals surface area contributed by atoms with Gasteiger partial charge in [-0.2, -0.15) is 0 Å². The van der Waals surface area contributed by atoms with Crippen LogP contribution in [0.2, 0.25) is 0 Å². The number of thiophene rings is 2. The lowest BCUT2D eigenvalue weighted by Crippen LogP contribution is -2.05. The van der Waals surface area contributed by atoms with Gasteiger partial charge in [0.1, 0.15) is 0 Å². The van der Waals surface area contributed by atoms with Crippen molar-refractivity contribution in [2.24, 2.45) is 0 Å². The fourth-order valence-corrected chi connectivity index (χ4v) is 5.10. The van der Waals surface area contributed by atoms with E-state index in [2.05, 4.69) is 47.8 Å². The molecule has 0 atom stereocenters. The van der Waals surface area contributed by atoms with Crippen molar-refractivity contribution in [3.63, 3.8) is 0 Å². The summed E-state index contributed by atoms with van der Waals surface area (Å²) >= 11 is 6.23. The molecule has 0 amide bonds. The maximum absolute atomic E-state index is 3.51. The van der Waals surface area contributed by atoms with E-state index in [1.165, 1.54) is 34.3 Å². The Hall–Kier alpha value is -0.0700. The first-order valence-corrected chi connectivity index (χ1v) is 7.50. The third-order valence-electron chi connectivity index (χ3n) is 2.87. The molecule has 1 aliphatic rings. The third kappa shape index (κ3) is 1.45. The van der Waals surface area contributed by atoms with E-state index in [0.29, 0.717) is 0 Å². The van der Waals surface area contributed by atoms with Crippen LogP contribution in [0.5, 0.6) is 0 Å². The molecular weight excluding hydrogens is 337 g/mol. The lowest BCUT2D eigenvalue weighted by molar-refractivity contribution is 1.12. The molecule has 3 rings (SSSR count). The molecule has 0 saturated heterocycles. The van der Waals surface area contributed by atoms with Crippen LogP contribution in [0, 0.1) is 16.7 Å². The van der Waals surface area contributed by atoms with E-state index < -0.39 is 0 Å². The van der Waals surface area contributed by atoms with E-state index in [4.69, 9.17) is 0 Å². The van der Waals surface area contributed by atoms with Crippen LogP contribution in [0.1, 0.15) is 16.0 Å². The van der Waals surface area contributed by atoms with Gasteiger partial charge in [-0.15, -0.1) is 22.7 Å². The SMILES string of the molecule is Cc1sc2c(c1C)CNc1cc(I)sc1-2. The van der Waals surface area contributed by atoms with Crippen LogP contribution in [-0.2, 0) is 6.54 Å². The molecule has 0 unspecified atom stereocenters. The minimum atomic E-state index is 0.991. The molecule has 3 heterocycles. The number of aryl methyl sites for hydroxylation is 1. The van der Waals surface area contributed by atoms with Gasteiger partial charge >= 0.3 is 0 Å². The van der Waals surface area contributed by atoms with Crippen molar-refractivity contribution < 1.29 is 0 Å². The van der Waals surface area contributed by atoms with Crippen LogP contribution < -0.4 is 5.32 Å². The van der Waals surface area contributed by atoms with Gasteiger partial charge in [-0.25, -0.2) is 0 Å². The van der Waals surface area contributed by atoms with Crippen LogP contribution in [-0.4, -0.2) is 0 Å². The second kappa shape index (κ2) is 3.46. The molecule has 0 fully saturated rings. The highest BCUT2D eigenvalue weighted by Crippen LogP contribution is 2.47.